The Bertz CT molecular complexity index is 648. The van der Waals surface area contributed by atoms with Crippen LogP contribution in [0.1, 0.15) is 83.1 Å². The van der Waals surface area contributed by atoms with Crippen molar-refractivity contribution in [2.75, 3.05) is 0 Å². The molecule has 0 aromatic carbocycles. The van der Waals surface area contributed by atoms with Crippen molar-refractivity contribution in [2.45, 2.75) is 132 Å². The van der Waals surface area contributed by atoms with Crippen molar-refractivity contribution < 1.29 is 18.4 Å². The Kier molecular flexibility index (Phi) is 9.54. The van der Waals surface area contributed by atoms with Gasteiger partial charge in [0.1, 0.15) is 0 Å². The summed E-state index contributed by atoms with van der Waals surface area (Å²) in [6, 6.07) is 0.638. The van der Waals surface area contributed by atoms with Gasteiger partial charge in [-0.05, 0) is 63.3 Å². The lowest BCUT2D eigenvalue weighted by Gasteiger charge is -2.42. The van der Waals surface area contributed by atoms with Gasteiger partial charge >= 0.3 is 6.08 Å². The Morgan fingerprint density at radius 2 is 1.45 bits per heavy atom. The lowest BCUT2D eigenvalue weighted by atomic mass is 9.35. The van der Waals surface area contributed by atoms with Crippen LogP contribution in [0.15, 0.2) is 11.7 Å². The highest BCUT2D eigenvalue weighted by atomic mass is 28.4. The van der Waals surface area contributed by atoms with Crippen molar-refractivity contribution in [3.05, 3.63) is 11.7 Å². The first-order chi connectivity index (χ1) is 14.0. The molecule has 1 saturated heterocycles. The van der Waals surface area contributed by atoms with Crippen molar-refractivity contribution in [2.24, 2.45) is 11.8 Å². The second kappa shape index (κ2) is 10.5. The van der Waals surface area contributed by atoms with E-state index >= 15 is 0 Å². The summed E-state index contributed by atoms with van der Waals surface area (Å²) >= 11 is 0. The third-order valence-electron chi connectivity index (χ3n) is 7.53. The smallest absolute Gasteiger partial charge is 0.502 e. The van der Waals surface area contributed by atoms with Gasteiger partial charge in [0, 0.05) is 0 Å². The summed E-state index contributed by atoms with van der Waals surface area (Å²) in [6.45, 7) is 31.6. The summed E-state index contributed by atoms with van der Waals surface area (Å²) in [7, 11) is -1.87. The predicted molar refractivity (Wildman–Crippen MR) is 139 cm³/mol. The van der Waals surface area contributed by atoms with Crippen LogP contribution in [0, 0.1) is 11.8 Å². The molecule has 0 aliphatic carbocycles. The molecule has 0 aromatic heterocycles. The third-order valence-corrected chi connectivity index (χ3v) is 12.0. The van der Waals surface area contributed by atoms with E-state index in [9.17, 15) is 0 Å². The van der Waals surface area contributed by atoms with Crippen LogP contribution < -0.4 is 0 Å². The van der Waals surface area contributed by atoms with Crippen molar-refractivity contribution in [3.63, 3.8) is 0 Å². The SMILES string of the molecule is CC[B-]1(CC)OC(=[N+](C(C)C)C(C)C)O/C1=C\[C@@H](C)[C@@H](O[Si](C)(C)C(C)(C)C)C(C)C. The highest BCUT2D eigenvalue weighted by Crippen LogP contribution is 2.40. The largest absolute Gasteiger partial charge is 0.631 e. The molecule has 1 fully saturated rings. The van der Waals surface area contributed by atoms with E-state index in [4.69, 9.17) is 13.8 Å². The predicted octanol–water partition coefficient (Wildman–Crippen LogP) is 7.31. The van der Waals surface area contributed by atoms with Gasteiger partial charge < -0.3 is 13.8 Å². The van der Waals surface area contributed by atoms with Gasteiger partial charge in [0.15, 0.2) is 20.4 Å². The third kappa shape index (κ3) is 6.40. The van der Waals surface area contributed by atoms with Crippen LogP contribution in [-0.4, -0.2) is 43.5 Å². The van der Waals surface area contributed by atoms with Crippen molar-refractivity contribution in [1.29, 1.82) is 0 Å². The number of hydrogen-bond acceptors (Lipinski definition) is 3. The monoisotopic (exact) mass is 453 g/mol. The molecule has 1 aliphatic rings. The van der Waals surface area contributed by atoms with Crippen LogP contribution in [0.4, 0.5) is 0 Å². The number of ether oxygens (including phenoxy) is 1. The molecule has 1 heterocycles. The molecule has 0 bridgehead atoms. The molecule has 4 nitrogen and oxygen atoms in total. The summed E-state index contributed by atoms with van der Waals surface area (Å²) < 4.78 is 22.3. The van der Waals surface area contributed by atoms with E-state index < -0.39 is 14.7 Å². The summed E-state index contributed by atoms with van der Waals surface area (Å²) in [4.78, 5) is 0. The molecule has 0 radical (unpaired) electrons. The Morgan fingerprint density at radius 3 is 1.81 bits per heavy atom. The Balaban J connectivity index is 3.40. The lowest BCUT2D eigenvalue weighted by Crippen LogP contribution is -2.47. The Labute approximate surface area is 194 Å². The fourth-order valence-electron chi connectivity index (χ4n) is 4.40. The molecule has 0 amide bonds. The maximum absolute atomic E-state index is 6.91. The fourth-order valence-corrected chi connectivity index (χ4v) is 5.92. The zero-order valence-electron chi connectivity index (χ0n) is 23.1. The highest BCUT2D eigenvalue weighted by Gasteiger charge is 2.45. The molecule has 31 heavy (non-hydrogen) atoms. The number of nitrogens with zero attached hydrogens (tertiary/aromatic N) is 1. The minimum atomic E-state index is -1.87. The van der Waals surface area contributed by atoms with E-state index in [0.29, 0.717) is 24.1 Å². The maximum Gasteiger partial charge on any atom is 0.502 e. The van der Waals surface area contributed by atoms with E-state index in [-0.39, 0.29) is 17.1 Å². The van der Waals surface area contributed by atoms with Crippen LogP contribution in [-0.2, 0) is 13.8 Å². The topological polar surface area (TPSA) is 30.7 Å². The van der Waals surface area contributed by atoms with Gasteiger partial charge in [0.2, 0.25) is 6.35 Å². The van der Waals surface area contributed by atoms with E-state index in [0.717, 1.165) is 18.3 Å². The normalized spacial score (nSPS) is 20.4. The number of rotatable bonds is 9. The fraction of sp³-hybridized carbons (Fsp3) is 0.880. The lowest BCUT2D eigenvalue weighted by molar-refractivity contribution is -0.600. The quantitative estimate of drug-likeness (QED) is 0.271. The van der Waals surface area contributed by atoms with Crippen LogP contribution >= 0.6 is 0 Å². The maximum atomic E-state index is 6.91. The summed E-state index contributed by atoms with van der Waals surface area (Å²) in [5.41, 5.74) is 1.02. The Morgan fingerprint density at radius 1 is 0.968 bits per heavy atom. The van der Waals surface area contributed by atoms with Gasteiger partial charge in [-0.1, -0.05) is 61.5 Å². The molecule has 0 saturated carbocycles. The van der Waals surface area contributed by atoms with E-state index in [2.05, 4.69) is 107 Å². The van der Waals surface area contributed by atoms with Gasteiger partial charge in [0.05, 0.1) is 6.10 Å². The summed E-state index contributed by atoms with van der Waals surface area (Å²) in [6.07, 6.45) is 3.86. The van der Waals surface area contributed by atoms with Crippen molar-refractivity contribution >= 4 is 20.8 Å². The molecule has 0 N–H and O–H groups in total. The van der Waals surface area contributed by atoms with Crippen LogP contribution in [0.2, 0.25) is 30.8 Å². The average Bonchev–Trinajstić information content (AvgIpc) is 2.95. The Hall–Kier alpha value is -0.748. The standard InChI is InChI=1S/C25H52BNO3Si/c1-15-26(16-2)22(28-24(29-26)27(19(5)6)20(7)8)17-21(9)23(18(3)4)30-31(13,14)25(10,11)12/h17-21,23H,15-16H2,1-14H3/b22-17-/t21-,23+/m1/s1. The molecular formula is C25H52BNO3Si. The van der Waals surface area contributed by atoms with Gasteiger partial charge in [0.25, 0.3) is 0 Å². The average molecular weight is 454 g/mol. The zero-order valence-corrected chi connectivity index (χ0v) is 24.1. The van der Waals surface area contributed by atoms with Crippen LogP contribution in [0.25, 0.3) is 0 Å². The molecular weight excluding hydrogens is 401 g/mol. The minimum Gasteiger partial charge on any atom is -0.631 e. The van der Waals surface area contributed by atoms with Crippen molar-refractivity contribution in [3.8, 4) is 0 Å². The van der Waals surface area contributed by atoms with E-state index in [1.165, 1.54) is 0 Å². The van der Waals surface area contributed by atoms with Crippen LogP contribution in [0.5, 0.6) is 0 Å². The van der Waals surface area contributed by atoms with Crippen LogP contribution in [0.3, 0.4) is 0 Å². The molecule has 0 aromatic rings. The van der Waals surface area contributed by atoms with Gasteiger partial charge in [-0.3, -0.25) is 0 Å². The molecule has 1 aliphatic heterocycles. The second-order valence-electron chi connectivity index (χ2n) is 12.1. The first-order valence-corrected chi connectivity index (χ1v) is 15.5. The van der Waals surface area contributed by atoms with Crippen molar-refractivity contribution in [1.82, 2.24) is 0 Å². The minimum absolute atomic E-state index is 0.162. The van der Waals surface area contributed by atoms with E-state index in [1.54, 1.807) is 0 Å². The molecule has 6 heteroatoms. The molecule has 182 valence electrons. The molecule has 0 unspecified atom stereocenters. The first-order valence-electron chi connectivity index (χ1n) is 12.6. The van der Waals surface area contributed by atoms with Gasteiger partial charge in [-0.2, -0.15) is 4.58 Å². The number of hydrogen-bond donors (Lipinski definition) is 0. The molecule has 1 rings (SSSR count). The summed E-state index contributed by atoms with van der Waals surface area (Å²) in [5.74, 6) is 0.678. The summed E-state index contributed by atoms with van der Waals surface area (Å²) in [5, 5.41) is 0.191. The van der Waals surface area contributed by atoms with Gasteiger partial charge in [-0.25, -0.2) is 0 Å². The van der Waals surface area contributed by atoms with E-state index in [1.807, 2.05) is 0 Å². The van der Waals surface area contributed by atoms with Gasteiger partial charge in [-0.15, -0.1) is 12.6 Å². The molecule has 2 atom stereocenters. The zero-order chi connectivity index (χ0) is 24.4. The first kappa shape index (κ1) is 28.3. The highest BCUT2D eigenvalue weighted by molar-refractivity contribution is 6.82. The second-order valence-corrected chi connectivity index (χ2v) is 16.8. The molecule has 0 spiro atoms.